The van der Waals surface area contributed by atoms with Gasteiger partial charge in [-0.2, -0.15) is 0 Å². The first kappa shape index (κ1) is 23.5. The van der Waals surface area contributed by atoms with Gasteiger partial charge in [-0.1, -0.05) is 48.2 Å². The molecule has 1 aliphatic carbocycles. The van der Waals surface area contributed by atoms with Gasteiger partial charge in [0.2, 0.25) is 5.91 Å². The second kappa shape index (κ2) is 11.0. The summed E-state index contributed by atoms with van der Waals surface area (Å²) in [5.74, 6) is 0.288. The minimum absolute atomic E-state index is 0.0463. The molecule has 0 aliphatic heterocycles. The van der Waals surface area contributed by atoms with E-state index in [1.165, 1.54) is 22.9 Å². The van der Waals surface area contributed by atoms with E-state index in [0.29, 0.717) is 42.2 Å². The van der Waals surface area contributed by atoms with E-state index in [2.05, 4.69) is 18.2 Å². The van der Waals surface area contributed by atoms with Crippen molar-refractivity contribution in [2.24, 2.45) is 0 Å². The summed E-state index contributed by atoms with van der Waals surface area (Å²) in [6.07, 6.45) is 3.84. The standard InChI is InChI=1S/C26H31N3O3S/c1-3-32-17-9-16-29-25(31)21-13-6-7-14-22(21)27-26(29)33-18-24(30)28(2)23-15-8-11-19-10-4-5-12-20(19)23/h4-7,10,12-14,23H,3,8-9,11,15-18H2,1-2H3. The van der Waals surface area contributed by atoms with Crippen molar-refractivity contribution in [3.63, 3.8) is 0 Å². The number of aryl methyl sites for hydroxylation is 1. The van der Waals surface area contributed by atoms with E-state index in [-0.39, 0.29) is 23.3 Å². The number of ether oxygens (including phenoxy) is 1. The van der Waals surface area contributed by atoms with Crippen LogP contribution in [-0.4, -0.2) is 46.4 Å². The van der Waals surface area contributed by atoms with E-state index >= 15 is 0 Å². The summed E-state index contributed by atoms with van der Waals surface area (Å²) in [7, 11) is 1.89. The minimum atomic E-state index is -0.0680. The summed E-state index contributed by atoms with van der Waals surface area (Å²) in [6.45, 7) is 3.71. The molecule has 0 bridgehead atoms. The number of rotatable bonds is 9. The molecule has 174 valence electrons. The lowest BCUT2D eigenvalue weighted by atomic mass is 9.87. The van der Waals surface area contributed by atoms with Crippen molar-refractivity contribution in [2.45, 2.75) is 50.4 Å². The normalized spacial score (nSPS) is 15.4. The molecule has 1 heterocycles. The number of carbonyl (C=O) groups excluding carboxylic acids is 1. The van der Waals surface area contributed by atoms with Gasteiger partial charge in [-0.3, -0.25) is 14.2 Å². The molecule has 1 aromatic heterocycles. The highest BCUT2D eigenvalue weighted by Crippen LogP contribution is 2.34. The first-order chi connectivity index (χ1) is 16.1. The van der Waals surface area contributed by atoms with Crippen LogP contribution in [0.4, 0.5) is 0 Å². The fraction of sp³-hybridized carbons (Fsp3) is 0.423. The third kappa shape index (κ3) is 5.31. The van der Waals surface area contributed by atoms with Crippen molar-refractivity contribution < 1.29 is 9.53 Å². The van der Waals surface area contributed by atoms with Gasteiger partial charge in [0.15, 0.2) is 5.16 Å². The molecule has 1 amide bonds. The van der Waals surface area contributed by atoms with Gasteiger partial charge in [-0.05, 0) is 55.9 Å². The zero-order valence-corrected chi connectivity index (χ0v) is 20.1. The highest BCUT2D eigenvalue weighted by atomic mass is 32.2. The van der Waals surface area contributed by atoms with E-state index in [1.54, 1.807) is 10.6 Å². The topological polar surface area (TPSA) is 64.4 Å². The molecule has 7 heteroatoms. The molecule has 2 aromatic carbocycles. The Bertz CT molecular complexity index is 1180. The number of hydrogen-bond acceptors (Lipinski definition) is 5. The molecule has 1 atom stereocenters. The zero-order valence-electron chi connectivity index (χ0n) is 19.3. The summed E-state index contributed by atoms with van der Waals surface area (Å²) in [5, 5.41) is 1.18. The van der Waals surface area contributed by atoms with Gasteiger partial charge >= 0.3 is 0 Å². The number of amides is 1. The van der Waals surface area contributed by atoms with Gasteiger partial charge < -0.3 is 9.64 Å². The molecule has 0 spiro atoms. The van der Waals surface area contributed by atoms with Crippen LogP contribution >= 0.6 is 11.8 Å². The largest absolute Gasteiger partial charge is 0.382 e. The number of carbonyl (C=O) groups is 1. The molecule has 1 aliphatic rings. The smallest absolute Gasteiger partial charge is 0.262 e. The van der Waals surface area contributed by atoms with Gasteiger partial charge in [0.25, 0.3) is 5.56 Å². The Hall–Kier alpha value is -2.64. The first-order valence-electron chi connectivity index (χ1n) is 11.6. The summed E-state index contributed by atoms with van der Waals surface area (Å²) >= 11 is 1.34. The Morgan fingerprint density at radius 2 is 2.00 bits per heavy atom. The third-order valence-electron chi connectivity index (χ3n) is 6.22. The lowest BCUT2D eigenvalue weighted by molar-refractivity contribution is -0.129. The lowest BCUT2D eigenvalue weighted by Gasteiger charge is -2.33. The van der Waals surface area contributed by atoms with Crippen LogP contribution in [0.25, 0.3) is 10.9 Å². The van der Waals surface area contributed by atoms with Crippen LogP contribution in [0.15, 0.2) is 58.5 Å². The second-order valence-corrected chi connectivity index (χ2v) is 9.26. The van der Waals surface area contributed by atoms with Crippen molar-refractivity contribution in [3.05, 3.63) is 70.0 Å². The molecule has 0 fully saturated rings. The van der Waals surface area contributed by atoms with Crippen LogP contribution in [0.2, 0.25) is 0 Å². The van der Waals surface area contributed by atoms with E-state index in [9.17, 15) is 9.59 Å². The second-order valence-electron chi connectivity index (χ2n) is 8.32. The maximum absolute atomic E-state index is 13.2. The van der Waals surface area contributed by atoms with E-state index < -0.39 is 0 Å². The van der Waals surface area contributed by atoms with Crippen molar-refractivity contribution in [2.75, 3.05) is 26.0 Å². The summed E-state index contributed by atoms with van der Waals surface area (Å²) in [5.41, 5.74) is 3.18. The fourth-order valence-electron chi connectivity index (χ4n) is 4.46. The molecule has 1 unspecified atom stereocenters. The SMILES string of the molecule is CCOCCCn1c(SCC(=O)N(C)C2CCCc3ccccc32)nc2ccccc2c1=O. The highest BCUT2D eigenvalue weighted by molar-refractivity contribution is 7.99. The molecule has 33 heavy (non-hydrogen) atoms. The Balaban J connectivity index is 1.52. The molecule has 0 saturated heterocycles. The Kier molecular flexibility index (Phi) is 7.83. The van der Waals surface area contributed by atoms with Crippen LogP contribution in [-0.2, 0) is 22.5 Å². The molecule has 4 rings (SSSR count). The first-order valence-corrected chi connectivity index (χ1v) is 12.6. The molecule has 0 N–H and O–H groups in total. The van der Waals surface area contributed by atoms with Gasteiger partial charge in [0.05, 0.1) is 22.7 Å². The molecule has 0 saturated carbocycles. The summed E-state index contributed by atoms with van der Waals surface area (Å²) in [6, 6.07) is 15.9. The predicted octanol–water partition coefficient (Wildman–Crippen LogP) is 4.45. The van der Waals surface area contributed by atoms with Crippen LogP contribution in [0.1, 0.15) is 43.4 Å². The summed E-state index contributed by atoms with van der Waals surface area (Å²) < 4.78 is 7.13. The Morgan fingerprint density at radius 3 is 2.85 bits per heavy atom. The lowest BCUT2D eigenvalue weighted by Crippen LogP contribution is -2.34. The van der Waals surface area contributed by atoms with Crippen LogP contribution in [0, 0.1) is 0 Å². The van der Waals surface area contributed by atoms with Crippen LogP contribution in [0.3, 0.4) is 0 Å². The maximum atomic E-state index is 13.2. The zero-order chi connectivity index (χ0) is 23.2. The van der Waals surface area contributed by atoms with Gasteiger partial charge in [-0.15, -0.1) is 0 Å². The van der Waals surface area contributed by atoms with Gasteiger partial charge in [-0.25, -0.2) is 4.98 Å². The van der Waals surface area contributed by atoms with Crippen molar-refractivity contribution in [1.29, 1.82) is 0 Å². The van der Waals surface area contributed by atoms with E-state index in [1.807, 2.05) is 43.1 Å². The number of hydrogen-bond donors (Lipinski definition) is 0. The monoisotopic (exact) mass is 465 g/mol. The number of fused-ring (bicyclic) bond motifs is 2. The van der Waals surface area contributed by atoms with Crippen molar-refractivity contribution in [1.82, 2.24) is 14.5 Å². The maximum Gasteiger partial charge on any atom is 0.262 e. The van der Waals surface area contributed by atoms with Crippen molar-refractivity contribution in [3.8, 4) is 0 Å². The number of thioether (sulfide) groups is 1. The summed E-state index contributed by atoms with van der Waals surface area (Å²) in [4.78, 5) is 32.9. The average molecular weight is 466 g/mol. The predicted molar refractivity (Wildman–Crippen MR) is 133 cm³/mol. The third-order valence-corrected chi connectivity index (χ3v) is 7.19. The van der Waals surface area contributed by atoms with Crippen LogP contribution < -0.4 is 5.56 Å². The van der Waals surface area contributed by atoms with Gasteiger partial charge in [0, 0.05) is 26.8 Å². The Labute approximate surface area is 199 Å². The fourth-order valence-corrected chi connectivity index (χ4v) is 5.41. The highest BCUT2D eigenvalue weighted by Gasteiger charge is 2.26. The molecule has 0 radical (unpaired) electrons. The molecule has 3 aromatic rings. The average Bonchev–Trinajstić information content (AvgIpc) is 2.85. The quantitative estimate of drug-likeness (QED) is 0.265. The Morgan fingerprint density at radius 1 is 1.21 bits per heavy atom. The van der Waals surface area contributed by atoms with Crippen molar-refractivity contribution >= 4 is 28.6 Å². The number of para-hydroxylation sites is 1. The number of benzene rings is 2. The van der Waals surface area contributed by atoms with Crippen LogP contribution in [0.5, 0.6) is 0 Å². The minimum Gasteiger partial charge on any atom is -0.382 e. The number of aromatic nitrogens is 2. The van der Waals surface area contributed by atoms with E-state index in [4.69, 9.17) is 9.72 Å². The molecular formula is C26H31N3O3S. The van der Waals surface area contributed by atoms with E-state index in [0.717, 1.165) is 19.3 Å². The number of nitrogens with zero attached hydrogens (tertiary/aromatic N) is 3. The molecular weight excluding hydrogens is 434 g/mol. The molecule has 6 nitrogen and oxygen atoms in total. The van der Waals surface area contributed by atoms with Gasteiger partial charge in [0.1, 0.15) is 0 Å².